The molecule has 1 amide bonds. The molecule has 0 spiro atoms. The second-order valence-electron chi connectivity index (χ2n) is 8.58. The summed E-state index contributed by atoms with van der Waals surface area (Å²) in [6.07, 6.45) is -0.179. The molecule has 3 aromatic rings. The lowest BCUT2D eigenvalue weighted by atomic mass is 9.71. The summed E-state index contributed by atoms with van der Waals surface area (Å²) in [7, 11) is 1.45. The summed E-state index contributed by atoms with van der Waals surface area (Å²) in [5, 5.41) is 18.2. The van der Waals surface area contributed by atoms with Gasteiger partial charge in [-0.25, -0.2) is 0 Å². The van der Waals surface area contributed by atoms with E-state index in [1.54, 1.807) is 26.0 Å². The Labute approximate surface area is 182 Å². The van der Waals surface area contributed by atoms with Crippen molar-refractivity contribution in [3.05, 3.63) is 47.9 Å². The maximum absolute atomic E-state index is 12.7. The maximum atomic E-state index is 12.7. The van der Waals surface area contributed by atoms with Crippen molar-refractivity contribution in [2.75, 3.05) is 12.4 Å². The number of alkyl halides is 3. The number of aliphatic hydroxyl groups is 1. The second kappa shape index (κ2) is 7.77. The summed E-state index contributed by atoms with van der Waals surface area (Å²) in [6.45, 7) is 3.61. The Morgan fingerprint density at radius 3 is 2.53 bits per heavy atom. The van der Waals surface area contributed by atoms with Gasteiger partial charge in [-0.05, 0) is 50.8 Å². The van der Waals surface area contributed by atoms with Crippen molar-refractivity contribution < 1.29 is 27.8 Å². The molecule has 1 aliphatic rings. The molecule has 0 bridgehead atoms. The van der Waals surface area contributed by atoms with Gasteiger partial charge in [0.15, 0.2) is 0 Å². The molecule has 1 saturated carbocycles. The zero-order valence-corrected chi connectivity index (χ0v) is 17.8. The van der Waals surface area contributed by atoms with Crippen molar-refractivity contribution in [3.8, 4) is 5.75 Å². The van der Waals surface area contributed by atoms with E-state index in [4.69, 9.17) is 4.74 Å². The Balaban J connectivity index is 1.54. The van der Waals surface area contributed by atoms with Crippen LogP contribution in [0.15, 0.2) is 36.7 Å². The molecule has 1 aromatic carbocycles. The van der Waals surface area contributed by atoms with Crippen LogP contribution in [0.3, 0.4) is 0 Å². The molecular weight excluding hydrogens is 425 g/mol. The number of benzene rings is 1. The van der Waals surface area contributed by atoms with Crippen molar-refractivity contribution in [2.24, 2.45) is 5.92 Å². The van der Waals surface area contributed by atoms with Crippen LogP contribution in [0, 0.1) is 5.92 Å². The Kier molecular flexibility index (Phi) is 5.36. The molecule has 7 nitrogen and oxygen atoms in total. The second-order valence-corrected chi connectivity index (χ2v) is 8.58. The number of carbonyl (C=O) groups is 1. The van der Waals surface area contributed by atoms with Crippen LogP contribution in [-0.2, 0) is 6.18 Å². The lowest BCUT2D eigenvalue weighted by Gasteiger charge is -2.42. The van der Waals surface area contributed by atoms with Gasteiger partial charge in [-0.15, -0.1) is 0 Å². The molecule has 10 heteroatoms. The first kappa shape index (κ1) is 22.1. The first-order valence-electron chi connectivity index (χ1n) is 10.1. The van der Waals surface area contributed by atoms with Crippen molar-refractivity contribution in [3.63, 3.8) is 0 Å². The third-order valence-electron chi connectivity index (χ3n) is 5.89. The number of aromatic nitrogens is 3. The molecule has 2 aromatic heterocycles. The predicted molar refractivity (Wildman–Crippen MR) is 112 cm³/mol. The molecule has 4 rings (SSSR count). The smallest absolute Gasteiger partial charge is 0.433 e. The largest absolute Gasteiger partial charge is 0.494 e. The van der Waals surface area contributed by atoms with Crippen LogP contribution in [0.25, 0.3) is 10.9 Å². The summed E-state index contributed by atoms with van der Waals surface area (Å²) < 4.78 is 45.3. The topological polar surface area (TPSA) is 89.3 Å². The third kappa shape index (κ3) is 4.27. The summed E-state index contributed by atoms with van der Waals surface area (Å²) in [4.78, 5) is 15.9. The van der Waals surface area contributed by atoms with Crippen molar-refractivity contribution in [1.82, 2.24) is 14.8 Å². The molecular formula is C22H23F3N4O3. The SMILES string of the molecule is COc1cc2nn(C3CC(C(C)(C)O)C3)cc2cc1NC(=O)c1ccc(C(F)(F)F)nc1. The van der Waals surface area contributed by atoms with Gasteiger partial charge in [-0.2, -0.15) is 18.3 Å². The van der Waals surface area contributed by atoms with Crippen LogP contribution in [-0.4, -0.2) is 38.5 Å². The van der Waals surface area contributed by atoms with E-state index in [0.29, 0.717) is 17.0 Å². The van der Waals surface area contributed by atoms with E-state index in [1.807, 2.05) is 10.9 Å². The van der Waals surface area contributed by atoms with E-state index in [2.05, 4.69) is 15.4 Å². The number of ether oxygens (including phenoxy) is 1. The molecule has 0 aliphatic heterocycles. The van der Waals surface area contributed by atoms with E-state index >= 15 is 0 Å². The number of hydrogen-bond acceptors (Lipinski definition) is 5. The number of fused-ring (bicyclic) bond motifs is 1. The fraction of sp³-hybridized carbons (Fsp3) is 0.409. The number of nitrogens with one attached hydrogen (secondary N) is 1. The normalized spacial score (nSPS) is 19.0. The summed E-state index contributed by atoms with van der Waals surface area (Å²) in [5.74, 6) is -0.0243. The van der Waals surface area contributed by atoms with Crippen LogP contribution < -0.4 is 10.1 Å². The van der Waals surface area contributed by atoms with Crippen LogP contribution in [0.5, 0.6) is 5.75 Å². The fourth-order valence-corrected chi connectivity index (χ4v) is 3.80. The number of amides is 1. The van der Waals surface area contributed by atoms with Crippen molar-refractivity contribution in [1.29, 1.82) is 0 Å². The Morgan fingerprint density at radius 1 is 1.25 bits per heavy atom. The molecule has 2 N–H and O–H groups in total. The van der Waals surface area contributed by atoms with Crippen molar-refractivity contribution >= 4 is 22.5 Å². The highest BCUT2D eigenvalue weighted by molar-refractivity contribution is 6.06. The number of anilines is 1. The number of hydrogen-bond donors (Lipinski definition) is 2. The van der Waals surface area contributed by atoms with Gasteiger partial charge in [-0.1, -0.05) is 0 Å². The molecule has 1 fully saturated rings. The first-order chi connectivity index (χ1) is 15.0. The van der Waals surface area contributed by atoms with E-state index in [9.17, 15) is 23.1 Å². The third-order valence-corrected chi connectivity index (χ3v) is 5.89. The molecule has 1 aliphatic carbocycles. The number of rotatable bonds is 5. The fourth-order valence-electron chi connectivity index (χ4n) is 3.80. The predicted octanol–water partition coefficient (Wildman–Crippen LogP) is 4.43. The molecule has 0 unspecified atom stereocenters. The van der Waals surface area contributed by atoms with Gasteiger partial charge in [-0.3, -0.25) is 14.5 Å². The van der Waals surface area contributed by atoms with Gasteiger partial charge in [0.05, 0.1) is 35.5 Å². The lowest BCUT2D eigenvalue weighted by molar-refractivity contribution is -0.141. The molecule has 32 heavy (non-hydrogen) atoms. The molecule has 0 radical (unpaired) electrons. The van der Waals surface area contributed by atoms with Gasteiger partial charge in [0.2, 0.25) is 0 Å². The monoisotopic (exact) mass is 448 g/mol. The van der Waals surface area contributed by atoms with E-state index in [-0.39, 0.29) is 17.5 Å². The van der Waals surface area contributed by atoms with Crippen LogP contribution in [0.4, 0.5) is 18.9 Å². The van der Waals surface area contributed by atoms with Gasteiger partial charge >= 0.3 is 6.18 Å². The highest BCUT2D eigenvalue weighted by Gasteiger charge is 2.40. The van der Waals surface area contributed by atoms with Gasteiger partial charge in [0, 0.05) is 23.8 Å². The highest BCUT2D eigenvalue weighted by Crippen LogP contribution is 2.44. The van der Waals surface area contributed by atoms with Crippen molar-refractivity contribution in [2.45, 2.75) is 44.5 Å². The lowest BCUT2D eigenvalue weighted by Crippen LogP contribution is -2.41. The summed E-state index contributed by atoms with van der Waals surface area (Å²) in [6, 6.07) is 5.42. The number of halogens is 3. The quantitative estimate of drug-likeness (QED) is 0.603. The molecule has 0 saturated heterocycles. The first-order valence-corrected chi connectivity index (χ1v) is 10.1. The van der Waals surface area contributed by atoms with Gasteiger partial charge in [0.1, 0.15) is 11.4 Å². The molecule has 170 valence electrons. The summed E-state index contributed by atoms with van der Waals surface area (Å²) in [5.41, 5.74) is -0.752. The number of carbonyl (C=O) groups excluding carboxylic acids is 1. The van der Waals surface area contributed by atoms with E-state index < -0.39 is 23.4 Å². The minimum Gasteiger partial charge on any atom is -0.494 e. The van der Waals surface area contributed by atoms with Crippen LogP contribution >= 0.6 is 0 Å². The maximum Gasteiger partial charge on any atom is 0.433 e. The zero-order chi connectivity index (χ0) is 23.3. The van der Waals surface area contributed by atoms with Crippen LogP contribution in [0.2, 0.25) is 0 Å². The Hall–Kier alpha value is -3.14. The number of methoxy groups -OCH3 is 1. The summed E-state index contributed by atoms with van der Waals surface area (Å²) >= 11 is 0. The number of nitrogens with zero attached hydrogens (tertiary/aromatic N) is 3. The standard InChI is InChI=1S/C22H23F3N4O3/c1-21(2,31)14-7-15(8-14)29-11-13-6-17(18(32-3)9-16(13)28-29)27-20(30)12-4-5-19(26-10-12)22(23,24)25/h4-6,9-11,14-15,31H,7-8H2,1-3H3,(H,27,30). The Bertz CT molecular complexity index is 1140. The minimum absolute atomic E-state index is 0.0111. The van der Waals surface area contributed by atoms with E-state index in [0.717, 1.165) is 36.6 Å². The molecule has 0 atom stereocenters. The van der Waals surface area contributed by atoms with Gasteiger partial charge in [0.25, 0.3) is 5.91 Å². The minimum atomic E-state index is -4.57. The van der Waals surface area contributed by atoms with Crippen LogP contribution in [0.1, 0.15) is 48.8 Å². The highest BCUT2D eigenvalue weighted by atomic mass is 19.4. The zero-order valence-electron chi connectivity index (χ0n) is 17.8. The molecule has 2 heterocycles. The Morgan fingerprint density at radius 2 is 1.97 bits per heavy atom. The van der Waals surface area contributed by atoms with Gasteiger partial charge < -0.3 is 15.2 Å². The van der Waals surface area contributed by atoms with E-state index in [1.165, 1.54) is 7.11 Å². The average Bonchev–Trinajstić information content (AvgIpc) is 3.06. The number of pyridine rings is 1. The average molecular weight is 448 g/mol.